The summed E-state index contributed by atoms with van der Waals surface area (Å²) in [6, 6.07) is 19.4. The summed E-state index contributed by atoms with van der Waals surface area (Å²) in [7, 11) is 1.65. The van der Waals surface area contributed by atoms with Crippen molar-refractivity contribution in [2.45, 2.75) is 12.8 Å². The molecule has 0 aliphatic rings. The predicted octanol–water partition coefficient (Wildman–Crippen LogP) is 6.37. The number of amides is 1. The second-order valence-corrected chi connectivity index (χ2v) is 8.03. The number of carbonyl (C=O) groups is 1. The third kappa shape index (κ3) is 4.26. The van der Waals surface area contributed by atoms with Crippen LogP contribution in [-0.2, 0) is 4.79 Å². The van der Waals surface area contributed by atoms with Crippen LogP contribution in [0.4, 0.5) is 5.13 Å². The Hall–Kier alpha value is -2.89. The minimum Gasteiger partial charge on any atom is -0.497 e. The molecule has 4 aromatic rings. The van der Waals surface area contributed by atoms with Gasteiger partial charge in [-0.2, -0.15) is 0 Å². The van der Waals surface area contributed by atoms with E-state index in [0.717, 1.165) is 33.3 Å². The lowest BCUT2D eigenvalue weighted by atomic mass is 9.97. The van der Waals surface area contributed by atoms with E-state index in [1.54, 1.807) is 7.11 Å². The van der Waals surface area contributed by atoms with E-state index in [1.165, 1.54) is 11.3 Å². The molecule has 3 aromatic carbocycles. The highest BCUT2D eigenvalue weighted by Gasteiger charge is 2.17. The van der Waals surface area contributed by atoms with Crippen molar-refractivity contribution in [2.24, 2.45) is 0 Å². The minimum atomic E-state index is -0.306. The van der Waals surface area contributed by atoms with Gasteiger partial charge in [-0.05, 0) is 47.5 Å². The lowest BCUT2D eigenvalue weighted by Gasteiger charge is -2.12. The molecule has 6 heteroatoms. The van der Waals surface area contributed by atoms with Gasteiger partial charge in [0.15, 0.2) is 5.13 Å². The summed E-state index contributed by atoms with van der Waals surface area (Å²) in [6.07, 6.45) is 0. The van der Waals surface area contributed by atoms with E-state index in [9.17, 15) is 4.79 Å². The summed E-state index contributed by atoms with van der Waals surface area (Å²) in [6.45, 7) is 1.89. The Morgan fingerprint density at radius 2 is 1.90 bits per heavy atom. The molecule has 0 saturated heterocycles. The number of thiazole rings is 1. The van der Waals surface area contributed by atoms with Crippen molar-refractivity contribution in [1.29, 1.82) is 0 Å². The molecule has 1 atom stereocenters. The van der Waals surface area contributed by atoms with Crippen LogP contribution < -0.4 is 10.1 Å². The molecule has 4 nitrogen and oxygen atoms in total. The number of hydrogen-bond acceptors (Lipinski definition) is 4. The highest BCUT2D eigenvalue weighted by atomic mass is 35.5. The van der Waals surface area contributed by atoms with Crippen LogP contribution in [-0.4, -0.2) is 18.0 Å². The number of benzene rings is 3. The van der Waals surface area contributed by atoms with Gasteiger partial charge in [-0.25, -0.2) is 4.98 Å². The number of carbonyl (C=O) groups excluding carboxylic acids is 1. The molecule has 0 spiro atoms. The van der Waals surface area contributed by atoms with Crippen LogP contribution in [0.3, 0.4) is 0 Å². The summed E-state index contributed by atoms with van der Waals surface area (Å²) in [4.78, 5) is 17.3. The zero-order chi connectivity index (χ0) is 20.4. The highest BCUT2D eigenvalue weighted by molar-refractivity contribution is 7.14. The fraction of sp³-hybridized carbons (Fsp3) is 0.130. The molecule has 1 N–H and O–H groups in total. The highest BCUT2D eigenvalue weighted by Crippen LogP contribution is 2.29. The Labute approximate surface area is 178 Å². The quantitative estimate of drug-likeness (QED) is 0.406. The number of fused-ring (bicyclic) bond motifs is 1. The average molecular weight is 423 g/mol. The Morgan fingerprint density at radius 3 is 2.69 bits per heavy atom. The number of nitrogens with zero attached hydrogens (tertiary/aromatic N) is 1. The van der Waals surface area contributed by atoms with Crippen LogP contribution in [0.1, 0.15) is 18.4 Å². The molecule has 0 fully saturated rings. The third-order valence-corrected chi connectivity index (χ3v) is 5.81. The van der Waals surface area contributed by atoms with Crippen molar-refractivity contribution >= 4 is 44.7 Å². The molecule has 146 valence electrons. The van der Waals surface area contributed by atoms with E-state index in [1.807, 2.05) is 73.0 Å². The SMILES string of the molecule is COc1ccc2cc(C(C)C(=O)Nc3nc(-c4cccc(Cl)c4)cs3)ccc2c1. The number of nitrogens with one attached hydrogen (secondary N) is 1. The normalized spacial score (nSPS) is 12.0. The maximum Gasteiger partial charge on any atom is 0.233 e. The van der Waals surface area contributed by atoms with Crippen LogP contribution in [0.2, 0.25) is 5.02 Å². The van der Waals surface area contributed by atoms with Crippen LogP contribution >= 0.6 is 22.9 Å². The monoisotopic (exact) mass is 422 g/mol. The molecule has 0 saturated carbocycles. The Morgan fingerprint density at radius 1 is 1.10 bits per heavy atom. The lowest BCUT2D eigenvalue weighted by molar-refractivity contribution is -0.117. The molecular formula is C23H19ClN2O2S. The van der Waals surface area contributed by atoms with Gasteiger partial charge in [0.05, 0.1) is 18.7 Å². The number of methoxy groups -OCH3 is 1. The van der Waals surface area contributed by atoms with Gasteiger partial charge in [0, 0.05) is 16.0 Å². The molecule has 0 radical (unpaired) electrons. The maximum atomic E-state index is 12.8. The minimum absolute atomic E-state index is 0.0927. The van der Waals surface area contributed by atoms with Crippen molar-refractivity contribution in [2.75, 3.05) is 12.4 Å². The van der Waals surface area contributed by atoms with E-state index >= 15 is 0 Å². The van der Waals surface area contributed by atoms with Crippen LogP contribution in [0.15, 0.2) is 66.0 Å². The van der Waals surface area contributed by atoms with Crippen LogP contribution in [0, 0.1) is 0 Å². The van der Waals surface area contributed by atoms with Crippen LogP contribution in [0.25, 0.3) is 22.0 Å². The fourth-order valence-corrected chi connectivity index (χ4v) is 4.03. The third-order valence-electron chi connectivity index (χ3n) is 4.82. The summed E-state index contributed by atoms with van der Waals surface area (Å²) in [5.41, 5.74) is 2.67. The summed E-state index contributed by atoms with van der Waals surface area (Å²) in [5.74, 6) is 0.417. The van der Waals surface area contributed by atoms with Gasteiger partial charge in [-0.1, -0.05) is 48.0 Å². The van der Waals surface area contributed by atoms with Gasteiger partial charge < -0.3 is 10.1 Å². The van der Waals surface area contributed by atoms with Gasteiger partial charge in [-0.15, -0.1) is 11.3 Å². The Balaban J connectivity index is 1.50. The topological polar surface area (TPSA) is 51.2 Å². The average Bonchev–Trinajstić information content (AvgIpc) is 3.21. The first-order valence-electron chi connectivity index (χ1n) is 9.13. The zero-order valence-electron chi connectivity index (χ0n) is 16.0. The number of hydrogen-bond donors (Lipinski definition) is 1. The van der Waals surface area contributed by atoms with Gasteiger partial charge in [0.2, 0.25) is 5.91 Å². The second-order valence-electron chi connectivity index (χ2n) is 6.73. The number of rotatable bonds is 5. The summed E-state index contributed by atoms with van der Waals surface area (Å²) in [5, 5.41) is 8.21. The second kappa shape index (κ2) is 8.23. The number of aromatic nitrogens is 1. The van der Waals surface area contributed by atoms with E-state index in [2.05, 4.69) is 10.3 Å². The first kappa shape index (κ1) is 19.4. The first-order chi connectivity index (χ1) is 14.0. The Bertz CT molecular complexity index is 1190. The lowest BCUT2D eigenvalue weighted by Crippen LogP contribution is -2.18. The van der Waals surface area contributed by atoms with Gasteiger partial charge in [0.1, 0.15) is 5.75 Å². The molecule has 1 aromatic heterocycles. The molecular weight excluding hydrogens is 404 g/mol. The van der Waals surface area contributed by atoms with Crippen molar-refractivity contribution in [3.05, 3.63) is 76.6 Å². The van der Waals surface area contributed by atoms with Gasteiger partial charge in [0.25, 0.3) is 0 Å². The van der Waals surface area contributed by atoms with Crippen molar-refractivity contribution in [3.8, 4) is 17.0 Å². The van der Waals surface area contributed by atoms with Crippen molar-refractivity contribution < 1.29 is 9.53 Å². The fourth-order valence-electron chi connectivity index (χ4n) is 3.12. The van der Waals surface area contributed by atoms with E-state index < -0.39 is 0 Å². The zero-order valence-corrected chi connectivity index (χ0v) is 17.6. The first-order valence-corrected chi connectivity index (χ1v) is 10.4. The largest absolute Gasteiger partial charge is 0.497 e. The molecule has 0 aliphatic carbocycles. The number of anilines is 1. The van der Waals surface area contributed by atoms with E-state index in [0.29, 0.717) is 10.2 Å². The van der Waals surface area contributed by atoms with Crippen LogP contribution in [0.5, 0.6) is 5.75 Å². The molecule has 1 unspecified atom stereocenters. The van der Waals surface area contributed by atoms with E-state index in [-0.39, 0.29) is 11.8 Å². The van der Waals surface area contributed by atoms with Gasteiger partial charge >= 0.3 is 0 Å². The smallest absolute Gasteiger partial charge is 0.233 e. The maximum absolute atomic E-state index is 12.8. The molecule has 0 bridgehead atoms. The Kier molecular flexibility index (Phi) is 5.51. The number of halogens is 1. The molecule has 4 rings (SSSR count). The molecule has 29 heavy (non-hydrogen) atoms. The molecule has 0 aliphatic heterocycles. The van der Waals surface area contributed by atoms with Crippen molar-refractivity contribution in [3.63, 3.8) is 0 Å². The predicted molar refractivity (Wildman–Crippen MR) is 120 cm³/mol. The summed E-state index contributed by atoms with van der Waals surface area (Å²) >= 11 is 7.45. The van der Waals surface area contributed by atoms with Gasteiger partial charge in [-0.3, -0.25) is 4.79 Å². The molecule has 1 heterocycles. The summed E-state index contributed by atoms with van der Waals surface area (Å²) < 4.78 is 5.27. The van der Waals surface area contributed by atoms with E-state index in [4.69, 9.17) is 16.3 Å². The molecule has 1 amide bonds. The number of ether oxygens (including phenoxy) is 1. The van der Waals surface area contributed by atoms with Crippen molar-refractivity contribution in [1.82, 2.24) is 4.98 Å². The standard InChI is InChI=1S/C23H19ClN2O2S/c1-14(15-6-7-17-12-20(28-2)9-8-16(17)10-15)22(27)26-23-25-21(13-29-23)18-4-3-5-19(24)11-18/h3-14H,1-2H3,(H,25,26,27).